The summed E-state index contributed by atoms with van der Waals surface area (Å²) in [6.45, 7) is 3.86. The van der Waals surface area contributed by atoms with Crippen LogP contribution in [0.3, 0.4) is 0 Å². The topological polar surface area (TPSA) is 30.5 Å². The van der Waals surface area contributed by atoms with E-state index in [2.05, 4.69) is 17.4 Å². The van der Waals surface area contributed by atoms with Crippen LogP contribution in [0.15, 0.2) is 23.1 Å². The van der Waals surface area contributed by atoms with Crippen molar-refractivity contribution >= 4 is 11.8 Å². The van der Waals surface area contributed by atoms with Crippen molar-refractivity contribution in [3.05, 3.63) is 18.2 Å². The molecule has 0 amide bonds. The van der Waals surface area contributed by atoms with Gasteiger partial charge in [-0.05, 0) is 50.0 Å². The molecule has 1 saturated heterocycles. The van der Waals surface area contributed by atoms with Gasteiger partial charge in [0.25, 0.3) is 0 Å². The maximum atomic E-state index is 5.73. The van der Waals surface area contributed by atoms with Crippen molar-refractivity contribution in [1.29, 1.82) is 0 Å². The first-order valence-corrected chi connectivity index (χ1v) is 8.13. The van der Waals surface area contributed by atoms with Crippen molar-refractivity contribution in [3.63, 3.8) is 0 Å². The predicted octanol–water partition coefficient (Wildman–Crippen LogP) is 2.94. The van der Waals surface area contributed by atoms with Crippen molar-refractivity contribution in [2.24, 2.45) is 5.92 Å². The third-order valence-electron chi connectivity index (χ3n) is 3.60. The quantitative estimate of drug-likeness (QED) is 0.862. The van der Waals surface area contributed by atoms with Crippen LogP contribution in [-0.2, 0) is 0 Å². The Balaban J connectivity index is 1.60. The Bertz CT molecular complexity index is 419. The second kappa shape index (κ2) is 6.53. The Morgan fingerprint density at radius 3 is 2.89 bits per heavy atom. The van der Waals surface area contributed by atoms with Crippen molar-refractivity contribution in [3.8, 4) is 11.5 Å². The second-order valence-corrected chi connectivity index (χ2v) is 6.28. The Labute approximate surface area is 119 Å². The van der Waals surface area contributed by atoms with Gasteiger partial charge in [0, 0.05) is 17.1 Å². The molecule has 0 saturated carbocycles. The molecule has 104 valence electrons. The Kier molecular flexibility index (Phi) is 4.51. The summed E-state index contributed by atoms with van der Waals surface area (Å²) in [5.41, 5.74) is 0. The van der Waals surface area contributed by atoms with E-state index >= 15 is 0 Å². The van der Waals surface area contributed by atoms with Crippen molar-refractivity contribution < 1.29 is 9.47 Å². The maximum Gasteiger partial charge on any atom is 0.162 e. The molecule has 4 heteroatoms. The Morgan fingerprint density at radius 1 is 1.16 bits per heavy atom. The monoisotopic (exact) mass is 279 g/mol. The third kappa shape index (κ3) is 3.57. The molecule has 2 aliphatic rings. The molecule has 3 nitrogen and oxygen atoms in total. The summed E-state index contributed by atoms with van der Waals surface area (Å²) < 4.78 is 11.4. The van der Waals surface area contributed by atoms with E-state index in [1.165, 1.54) is 30.0 Å². The van der Waals surface area contributed by atoms with Crippen LogP contribution in [0, 0.1) is 5.92 Å². The summed E-state index contributed by atoms with van der Waals surface area (Å²) in [5, 5.41) is 3.47. The van der Waals surface area contributed by atoms with Crippen LogP contribution in [0.1, 0.15) is 19.3 Å². The van der Waals surface area contributed by atoms with E-state index in [4.69, 9.17) is 9.47 Å². The highest BCUT2D eigenvalue weighted by molar-refractivity contribution is 7.99. The van der Waals surface area contributed by atoms with E-state index in [1.54, 1.807) is 0 Å². The van der Waals surface area contributed by atoms with Gasteiger partial charge in [0.1, 0.15) is 0 Å². The zero-order chi connectivity index (χ0) is 12.9. The van der Waals surface area contributed by atoms with E-state index in [1.807, 2.05) is 17.8 Å². The molecule has 2 heterocycles. The molecule has 1 N–H and O–H groups in total. The summed E-state index contributed by atoms with van der Waals surface area (Å²) in [6, 6.07) is 6.32. The second-order valence-electron chi connectivity index (χ2n) is 5.18. The van der Waals surface area contributed by atoms with E-state index in [9.17, 15) is 0 Å². The minimum Gasteiger partial charge on any atom is -0.490 e. The van der Waals surface area contributed by atoms with Gasteiger partial charge in [-0.1, -0.05) is 0 Å². The van der Waals surface area contributed by atoms with Gasteiger partial charge in [-0.2, -0.15) is 0 Å². The Morgan fingerprint density at radius 2 is 2.05 bits per heavy atom. The lowest BCUT2D eigenvalue weighted by Gasteiger charge is -2.22. The average Bonchev–Trinajstić information content (AvgIpc) is 2.71. The normalized spacial score (nSPS) is 22.8. The minimum atomic E-state index is 0.757. The molecule has 0 radical (unpaired) electrons. The number of fused-ring (bicyclic) bond motifs is 1. The lowest BCUT2D eigenvalue weighted by atomic mass is 10.0. The SMILES string of the molecule is c1cc2c(cc1SCC1CCCNC1)OCCCO2. The van der Waals surface area contributed by atoms with Crippen molar-refractivity contribution in [2.45, 2.75) is 24.2 Å². The standard InChI is InChI=1S/C15H21NO2S/c1-3-12(10-16-6-1)11-19-13-4-5-14-15(9-13)18-8-2-7-17-14/h4-5,9,12,16H,1-3,6-8,10-11H2. The van der Waals surface area contributed by atoms with Gasteiger partial charge >= 0.3 is 0 Å². The van der Waals surface area contributed by atoms with Gasteiger partial charge in [0.15, 0.2) is 11.5 Å². The van der Waals surface area contributed by atoms with Crippen molar-refractivity contribution in [2.75, 3.05) is 32.1 Å². The highest BCUT2D eigenvalue weighted by Gasteiger charge is 2.15. The first kappa shape index (κ1) is 13.1. The van der Waals surface area contributed by atoms with Gasteiger partial charge < -0.3 is 14.8 Å². The minimum absolute atomic E-state index is 0.757. The predicted molar refractivity (Wildman–Crippen MR) is 78.4 cm³/mol. The molecule has 1 aromatic rings. The molecule has 0 spiro atoms. The highest BCUT2D eigenvalue weighted by atomic mass is 32.2. The van der Waals surface area contributed by atoms with Gasteiger partial charge in [0.2, 0.25) is 0 Å². The largest absolute Gasteiger partial charge is 0.490 e. The molecule has 0 bridgehead atoms. The van der Waals surface area contributed by atoms with E-state index in [-0.39, 0.29) is 0 Å². The summed E-state index contributed by atoms with van der Waals surface area (Å²) in [6.07, 6.45) is 3.63. The van der Waals surface area contributed by atoms with Crippen LogP contribution < -0.4 is 14.8 Å². The molecule has 0 aliphatic carbocycles. The van der Waals surface area contributed by atoms with Gasteiger partial charge in [-0.3, -0.25) is 0 Å². The first-order valence-electron chi connectivity index (χ1n) is 7.15. The third-order valence-corrected chi connectivity index (χ3v) is 4.83. The first-order chi connectivity index (χ1) is 9.42. The van der Waals surface area contributed by atoms with Gasteiger partial charge in [-0.15, -0.1) is 11.8 Å². The average molecular weight is 279 g/mol. The summed E-state index contributed by atoms with van der Waals surface area (Å²) in [7, 11) is 0. The molecule has 1 aromatic carbocycles. The molecule has 3 rings (SSSR count). The van der Waals surface area contributed by atoms with E-state index < -0.39 is 0 Å². The number of benzene rings is 1. The number of ether oxygens (including phenoxy) is 2. The van der Waals surface area contributed by atoms with Crippen LogP contribution in [0.2, 0.25) is 0 Å². The number of hydrogen-bond acceptors (Lipinski definition) is 4. The zero-order valence-electron chi connectivity index (χ0n) is 11.2. The van der Waals surface area contributed by atoms with Crippen LogP contribution in [0.4, 0.5) is 0 Å². The molecule has 1 fully saturated rings. The number of thioether (sulfide) groups is 1. The zero-order valence-corrected chi connectivity index (χ0v) is 12.0. The fraction of sp³-hybridized carbons (Fsp3) is 0.600. The van der Waals surface area contributed by atoms with Crippen LogP contribution in [-0.4, -0.2) is 32.1 Å². The maximum absolute atomic E-state index is 5.73. The summed E-state index contributed by atoms with van der Waals surface area (Å²) in [4.78, 5) is 1.29. The van der Waals surface area contributed by atoms with Crippen LogP contribution in [0.25, 0.3) is 0 Å². The molecule has 1 unspecified atom stereocenters. The fourth-order valence-corrected chi connectivity index (χ4v) is 3.58. The molecular formula is C15H21NO2S. The Hall–Kier alpha value is -0.870. The molecule has 1 atom stereocenters. The number of rotatable bonds is 3. The summed E-state index contributed by atoms with van der Waals surface area (Å²) >= 11 is 1.93. The van der Waals surface area contributed by atoms with Gasteiger partial charge in [0.05, 0.1) is 13.2 Å². The molecule has 2 aliphatic heterocycles. The smallest absolute Gasteiger partial charge is 0.162 e. The lowest BCUT2D eigenvalue weighted by molar-refractivity contribution is 0.297. The number of hydrogen-bond donors (Lipinski definition) is 1. The molecular weight excluding hydrogens is 258 g/mol. The summed E-state index contributed by atoms with van der Waals surface area (Å²) in [5.74, 6) is 3.78. The lowest BCUT2D eigenvalue weighted by Crippen LogP contribution is -2.30. The van der Waals surface area contributed by atoms with E-state index in [0.717, 1.165) is 43.6 Å². The number of piperidine rings is 1. The van der Waals surface area contributed by atoms with Gasteiger partial charge in [-0.25, -0.2) is 0 Å². The van der Waals surface area contributed by atoms with Crippen LogP contribution in [0.5, 0.6) is 11.5 Å². The van der Waals surface area contributed by atoms with E-state index in [0.29, 0.717) is 0 Å². The fourth-order valence-electron chi connectivity index (χ4n) is 2.51. The van der Waals surface area contributed by atoms with Crippen LogP contribution >= 0.6 is 11.8 Å². The molecule has 19 heavy (non-hydrogen) atoms. The molecule has 0 aromatic heterocycles. The number of nitrogens with one attached hydrogen (secondary N) is 1. The van der Waals surface area contributed by atoms with Crippen molar-refractivity contribution in [1.82, 2.24) is 5.32 Å². The highest BCUT2D eigenvalue weighted by Crippen LogP contribution is 2.34.